The number of fused-ring (bicyclic) bond motifs is 5. The van der Waals surface area contributed by atoms with Gasteiger partial charge in [0, 0.05) is 34.2 Å². The first-order valence-corrected chi connectivity index (χ1v) is 22.7. The van der Waals surface area contributed by atoms with E-state index in [9.17, 15) is 0 Å². The van der Waals surface area contributed by atoms with Gasteiger partial charge < -0.3 is 9.30 Å². The van der Waals surface area contributed by atoms with E-state index in [-0.39, 0.29) is 0 Å². The lowest BCUT2D eigenvalue weighted by Crippen LogP contribution is -2.09. The minimum absolute atomic E-state index is 1.10. The summed E-state index contributed by atoms with van der Waals surface area (Å²) in [5.74, 6) is 0. The fourth-order valence-electron chi connectivity index (χ4n) is 9.80. The van der Waals surface area contributed by atoms with Crippen molar-refractivity contribution in [3.63, 3.8) is 0 Å². The maximum absolute atomic E-state index is 2.34. The molecule has 2 heteroatoms. The van der Waals surface area contributed by atoms with Crippen molar-refractivity contribution in [2.45, 2.75) is 0 Å². The lowest BCUT2D eigenvalue weighted by atomic mass is 9.94. The summed E-state index contributed by atoms with van der Waals surface area (Å²) in [4.78, 5) is 2.34. The minimum Gasteiger partial charge on any atom is -0.316 e. The van der Waals surface area contributed by atoms with Crippen molar-refractivity contribution in [3.05, 3.63) is 267 Å². The molecule has 0 aliphatic carbocycles. The van der Waals surface area contributed by atoms with Crippen LogP contribution in [0.4, 0.5) is 17.1 Å². The normalized spacial score (nSPS) is 11.3. The maximum Gasteiger partial charge on any atom is 0.0541 e. The standard InChI is InChI=1S/C64H44N2/c1-4-15-49(16-5-1)58-23-10-11-24-59(58)50-34-38-56(39-35-50)66(55-20-8-3-9-21-55)57-22-14-19-52(44-57)47-30-26-45(27-31-47)46-28-32-48(33-29-46)53-36-40-60-54(43-53)37-41-62-64(60)63(51-17-6-2-7-18-51)61-25-12-13-42-65(61)62/h1-44H. The first-order valence-electron chi connectivity index (χ1n) is 22.7. The van der Waals surface area contributed by atoms with E-state index in [4.69, 9.17) is 0 Å². The van der Waals surface area contributed by atoms with Crippen molar-refractivity contribution in [1.29, 1.82) is 0 Å². The molecule has 0 atom stereocenters. The lowest BCUT2D eigenvalue weighted by Gasteiger charge is -2.26. The molecular weight excluding hydrogens is 797 g/mol. The van der Waals surface area contributed by atoms with Crippen LogP contribution in [0.15, 0.2) is 267 Å². The highest BCUT2D eigenvalue weighted by molar-refractivity contribution is 6.19. The Morgan fingerprint density at radius 2 is 0.742 bits per heavy atom. The molecule has 0 aliphatic heterocycles. The van der Waals surface area contributed by atoms with Gasteiger partial charge in [-0.15, -0.1) is 0 Å². The molecule has 0 unspecified atom stereocenters. The predicted molar refractivity (Wildman–Crippen MR) is 280 cm³/mol. The van der Waals surface area contributed by atoms with Crippen molar-refractivity contribution >= 4 is 44.3 Å². The van der Waals surface area contributed by atoms with E-state index in [0.717, 1.165) is 17.1 Å². The molecule has 0 aliphatic rings. The van der Waals surface area contributed by atoms with Crippen LogP contribution < -0.4 is 4.90 Å². The summed E-state index contributed by atoms with van der Waals surface area (Å²) >= 11 is 0. The monoisotopic (exact) mass is 840 g/mol. The van der Waals surface area contributed by atoms with Gasteiger partial charge >= 0.3 is 0 Å². The molecule has 12 rings (SSSR count). The summed E-state index contributed by atoms with van der Waals surface area (Å²) in [6.45, 7) is 0. The smallest absolute Gasteiger partial charge is 0.0541 e. The second kappa shape index (κ2) is 16.8. The van der Waals surface area contributed by atoms with Crippen LogP contribution in [-0.4, -0.2) is 4.40 Å². The molecule has 2 aromatic heterocycles. The first kappa shape index (κ1) is 38.9. The van der Waals surface area contributed by atoms with E-state index >= 15 is 0 Å². The molecule has 0 saturated heterocycles. The van der Waals surface area contributed by atoms with Gasteiger partial charge in [-0.1, -0.05) is 200 Å². The van der Waals surface area contributed by atoms with Gasteiger partial charge in [0.1, 0.15) is 0 Å². The number of nitrogens with zero attached hydrogens (tertiary/aromatic N) is 2. The van der Waals surface area contributed by atoms with Gasteiger partial charge in [-0.3, -0.25) is 0 Å². The Bertz CT molecular complexity index is 3650. The topological polar surface area (TPSA) is 7.65 Å². The second-order valence-electron chi connectivity index (χ2n) is 16.9. The highest BCUT2D eigenvalue weighted by Crippen LogP contribution is 2.42. The molecular formula is C64H44N2. The molecule has 66 heavy (non-hydrogen) atoms. The van der Waals surface area contributed by atoms with Gasteiger partial charge in [-0.25, -0.2) is 0 Å². The van der Waals surface area contributed by atoms with E-state index < -0.39 is 0 Å². The Labute approximate surface area is 385 Å². The van der Waals surface area contributed by atoms with Gasteiger partial charge in [-0.2, -0.15) is 0 Å². The van der Waals surface area contributed by atoms with Crippen LogP contribution in [0, 0.1) is 0 Å². The molecule has 0 fully saturated rings. The summed E-state index contributed by atoms with van der Waals surface area (Å²) in [6.07, 6.45) is 2.17. The van der Waals surface area contributed by atoms with Crippen molar-refractivity contribution in [2.24, 2.45) is 0 Å². The third-order valence-electron chi connectivity index (χ3n) is 13.0. The quantitative estimate of drug-likeness (QED) is 0.140. The zero-order valence-electron chi connectivity index (χ0n) is 36.3. The predicted octanol–water partition coefficient (Wildman–Crippen LogP) is 17.7. The summed E-state index contributed by atoms with van der Waals surface area (Å²) in [5, 5.41) is 3.80. The van der Waals surface area contributed by atoms with Crippen LogP contribution >= 0.6 is 0 Å². The molecule has 12 aromatic rings. The van der Waals surface area contributed by atoms with E-state index in [1.165, 1.54) is 94.0 Å². The van der Waals surface area contributed by atoms with Gasteiger partial charge in [0.05, 0.1) is 11.0 Å². The van der Waals surface area contributed by atoms with Crippen molar-refractivity contribution in [1.82, 2.24) is 4.40 Å². The Balaban J connectivity index is 0.816. The third-order valence-corrected chi connectivity index (χ3v) is 13.0. The number of hydrogen-bond donors (Lipinski definition) is 0. The second-order valence-corrected chi connectivity index (χ2v) is 16.9. The van der Waals surface area contributed by atoms with Crippen LogP contribution in [0.1, 0.15) is 0 Å². The molecule has 0 radical (unpaired) electrons. The summed E-state index contributed by atoms with van der Waals surface area (Å²) in [7, 11) is 0. The van der Waals surface area contributed by atoms with Gasteiger partial charge in [-0.05, 0) is 133 Å². The summed E-state index contributed by atoms with van der Waals surface area (Å²) < 4.78 is 2.32. The molecule has 10 aromatic carbocycles. The highest BCUT2D eigenvalue weighted by Gasteiger charge is 2.18. The van der Waals surface area contributed by atoms with Gasteiger partial charge in [0.2, 0.25) is 0 Å². The highest BCUT2D eigenvalue weighted by atomic mass is 15.1. The Hall–Kier alpha value is -8.72. The van der Waals surface area contributed by atoms with Gasteiger partial charge in [0.25, 0.3) is 0 Å². The fourth-order valence-corrected chi connectivity index (χ4v) is 9.80. The molecule has 310 valence electrons. The summed E-state index contributed by atoms with van der Waals surface area (Å²) in [6, 6.07) is 94.4. The Morgan fingerprint density at radius 1 is 0.273 bits per heavy atom. The SMILES string of the molecule is c1ccc(-c2ccccc2-c2ccc(N(c3ccccc3)c3cccc(-c4ccc(-c5ccc(-c6ccc7c(ccc8c7c(-c7ccccc7)c7ccccn78)c6)cc5)cc4)c3)cc2)cc1. The van der Waals surface area contributed by atoms with Crippen LogP contribution in [0.25, 0.3) is 94.0 Å². The largest absolute Gasteiger partial charge is 0.316 e. The molecule has 2 heterocycles. The van der Waals surface area contributed by atoms with Crippen LogP contribution in [-0.2, 0) is 0 Å². The average Bonchev–Trinajstić information content (AvgIpc) is 3.75. The lowest BCUT2D eigenvalue weighted by molar-refractivity contribution is 1.26. The van der Waals surface area contributed by atoms with Crippen LogP contribution in [0.3, 0.4) is 0 Å². The van der Waals surface area contributed by atoms with Crippen molar-refractivity contribution in [3.8, 4) is 66.8 Å². The van der Waals surface area contributed by atoms with Crippen LogP contribution in [0.5, 0.6) is 0 Å². The first-order chi connectivity index (χ1) is 32.7. The number of pyridine rings is 1. The molecule has 0 saturated carbocycles. The number of aromatic nitrogens is 1. The van der Waals surface area contributed by atoms with E-state index in [2.05, 4.69) is 276 Å². The number of anilines is 3. The van der Waals surface area contributed by atoms with E-state index in [1.807, 2.05) is 0 Å². The molecule has 0 spiro atoms. The summed E-state index contributed by atoms with van der Waals surface area (Å²) in [5.41, 5.74) is 20.3. The minimum atomic E-state index is 1.10. The maximum atomic E-state index is 2.34. The Kier molecular flexibility index (Phi) is 9.89. The van der Waals surface area contributed by atoms with Crippen molar-refractivity contribution < 1.29 is 0 Å². The Morgan fingerprint density at radius 3 is 1.39 bits per heavy atom. The van der Waals surface area contributed by atoms with Gasteiger partial charge in [0.15, 0.2) is 0 Å². The number of para-hydroxylation sites is 1. The zero-order chi connectivity index (χ0) is 43.8. The van der Waals surface area contributed by atoms with E-state index in [0.29, 0.717) is 0 Å². The molecule has 0 N–H and O–H groups in total. The molecule has 0 bridgehead atoms. The average molecular weight is 841 g/mol. The number of rotatable bonds is 9. The van der Waals surface area contributed by atoms with Crippen LogP contribution in [0.2, 0.25) is 0 Å². The number of benzene rings is 10. The number of hydrogen-bond acceptors (Lipinski definition) is 1. The fraction of sp³-hybridized carbons (Fsp3) is 0. The zero-order valence-corrected chi connectivity index (χ0v) is 36.3. The molecule has 2 nitrogen and oxygen atoms in total. The van der Waals surface area contributed by atoms with Crippen molar-refractivity contribution in [2.75, 3.05) is 4.90 Å². The molecule has 0 amide bonds. The third kappa shape index (κ3) is 7.12. The van der Waals surface area contributed by atoms with E-state index in [1.54, 1.807) is 0 Å².